The van der Waals surface area contributed by atoms with Crippen LogP contribution in [0.1, 0.15) is 23.2 Å². The van der Waals surface area contributed by atoms with Gasteiger partial charge in [-0.05, 0) is 47.6 Å². The third-order valence-corrected chi connectivity index (χ3v) is 4.72. The van der Waals surface area contributed by atoms with E-state index in [4.69, 9.17) is 16.3 Å². The number of hydrogen-bond donors (Lipinski definition) is 0. The molecule has 0 saturated carbocycles. The Morgan fingerprint density at radius 2 is 2.06 bits per heavy atom. The molecule has 1 aliphatic heterocycles. The highest BCUT2D eigenvalue weighted by molar-refractivity contribution is 14.1. The summed E-state index contributed by atoms with van der Waals surface area (Å²) in [5.41, 5.74) is 1.54. The number of methoxy groups -OCH3 is 1. The molecule has 0 aromatic heterocycles. The summed E-state index contributed by atoms with van der Waals surface area (Å²) in [6.45, 7) is 2.12. The number of ether oxygens (including phenoxy) is 1. The Kier molecular flexibility index (Phi) is 4.14. The van der Waals surface area contributed by atoms with Crippen LogP contribution in [0.5, 0.6) is 0 Å². The number of halogens is 2. The molecule has 0 bridgehead atoms. The zero-order valence-corrected chi connectivity index (χ0v) is 12.4. The fourth-order valence-electron chi connectivity index (χ4n) is 2.01. The SMILES string of the molecule is COC(=O)c1ccc(N2CCCC2)c(I)c1Cl. The lowest BCUT2D eigenvalue weighted by Gasteiger charge is -2.20. The van der Waals surface area contributed by atoms with Gasteiger partial charge >= 0.3 is 5.97 Å². The van der Waals surface area contributed by atoms with E-state index in [0.29, 0.717) is 10.6 Å². The predicted octanol–water partition coefficient (Wildman–Crippen LogP) is 3.33. The standard InChI is InChI=1S/C12H13ClINO2/c1-17-12(16)8-4-5-9(11(14)10(8)13)15-6-2-3-7-15/h4-5H,2-3,6-7H2,1H3. The van der Waals surface area contributed by atoms with Crippen LogP contribution in [0.2, 0.25) is 5.02 Å². The third kappa shape index (κ3) is 2.52. The lowest BCUT2D eigenvalue weighted by Crippen LogP contribution is -2.19. The molecule has 2 rings (SSSR count). The Balaban J connectivity index is 2.38. The quantitative estimate of drug-likeness (QED) is 0.595. The van der Waals surface area contributed by atoms with Crippen molar-refractivity contribution < 1.29 is 9.53 Å². The molecule has 3 nitrogen and oxygen atoms in total. The van der Waals surface area contributed by atoms with Gasteiger partial charge in [0, 0.05) is 13.1 Å². The van der Waals surface area contributed by atoms with E-state index >= 15 is 0 Å². The molecule has 17 heavy (non-hydrogen) atoms. The fraction of sp³-hybridized carbons (Fsp3) is 0.417. The average molecular weight is 366 g/mol. The van der Waals surface area contributed by atoms with Gasteiger partial charge in [0.05, 0.1) is 27.0 Å². The molecular formula is C12H13ClINO2. The zero-order chi connectivity index (χ0) is 12.4. The van der Waals surface area contributed by atoms with E-state index in [2.05, 4.69) is 27.5 Å². The zero-order valence-electron chi connectivity index (χ0n) is 9.50. The number of rotatable bonds is 2. The second-order valence-corrected chi connectivity index (χ2v) is 5.40. The fourth-order valence-corrected chi connectivity index (χ4v) is 3.06. The molecule has 0 radical (unpaired) electrons. The van der Waals surface area contributed by atoms with Crippen LogP contribution in [0, 0.1) is 3.57 Å². The summed E-state index contributed by atoms with van der Waals surface area (Å²) >= 11 is 8.40. The summed E-state index contributed by atoms with van der Waals surface area (Å²) in [7, 11) is 1.36. The summed E-state index contributed by atoms with van der Waals surface area (Å²) in [6.07, 6.45) is 2.43. The lowest BCUT2D eigenvalue weighted by molar-refractivity contribution is 0.0601. The molecule has 5 heteroatoms. The van der Waals surface area contributed by atoms with Gasteiger partial charge in [0.1, 0.15) is 0 Å². The van der Waals surface area contributed by atoms with Crippen molar-refractivity contribution in [1.29, 1.82) is 0 Å². The number of carbonyl (C=O) groups is 1. The van der Waals surface area contributed by atoms with Crippen molar-refractivity contribution >= 4 is 45.8 Å². The van der Waals surface area contributed by atoms with Crippen molar-refractivity contribution in [2.45, 2.75) is 12.8 Å². The van der Waals surface area contributed by atoms with Crippen molar-refractivity contribution in [2.24, 2.45) is 0 Å². The van der Waals surface area contributed by atoms with E-state index in [1.54, 1.807) is 6.07 Å². The lowest BCUT2D eigenvalue weighted by atomic mass is 10.2. The highest BCUT2D eigenvalue weighted by Gasteiger charge is 2.20. The van der Waals surface area contributed by atoms with Gasteiger partial charge in [-0.2, -0.15) is 0 Å². The molecule has 1 fully saturated rings. The van der Waals surface area contributed by atoms with Crippen LogP contribution in [-0.2, 0) is 4.74 Å². The van der Waals surface area contributed by atoms with Crippen LogP contribution in [0.3, 0.4) is 0 Å². The Bertz CT molecular complexity index is 444. The number of esters is 1. The highest BCUT2D eigenvalue weighted by atomic mass is 127. The number of anilines is 1. The molecule has 0 atom stereocenters. The summed E-state index contributed by atoms with van der Waals surface area (Å²) in [5, 5.41) is 0.488. The number of nitrogens with zero attached hydrogens (tertiary/aromatic N) is 1. The van der Waals surface area contributed by atoms with E-state index in [1.807, 2.05) is 6.07 Å². The Labute approximate surface area is 119 Å². The van der Waals surface area contributed by atoms with Gasteiger partial charge in [-0.15, -0.1) is 0 Å². The largest absolute Gasteiger partial charge is 0.465 e. The normalized spacial score (nSPS) is 15.1. The molecule has 0 amide bonds. The first-order chi connectivity index (χ1) is 8.15. The van der Waals surface area contributed by atoms with Gasteiger partial charge in [-0.25, -0.2) is 4.79 Å². The Morgan fingerprint density at radius 3 is 2.65 bits per heavy atom. The van der Waals surface area contributed by atoms with Crippen LogP contribution in [-0.4, -0.2) is 26.2 Å². The summed E-state index contributed by atoms with van der Waals surface area (Å²) < 4.78 is 5.62. The average Bonchev–Trinajstić information content (AvgIpc) is 2.85. The molecule has 1 aliphatic rings. The van der Waals surface area contributed by atoms with Crippen molar-refractivity contribution in [2.75, 3.05) is 25.1 Å². The van der Waals surface area contributed by atoms with Gasteiger partial charge in [0.25, 0.3) is 0 Å². The molecule has 92 valence electrons. The van der Waals surface area contributed by atoms with Crippen molar-refractivity contribution in [1.82, 2.24) is 0 Å². The highest BCUT2D eigenvalue weighted by Crippen LogP contribution is 2.33. The van der Waals surface area contributed by atoms with Crippen LogP contribution < -0.4 is 4.90 Å². The van der Waals surface area contributed by atoms with Gasteiger partial charge in [-0.1, -0.05) is 11.6 Å². The Morgan fingerprint density at radius 1 is 1.41 bits per heavy atom. The van der Waals surface area contributed by atoms with Crippen LogP contribution in [0.4, 0.5) is 5.69 Å². The summed E-state index contributed by atoms with van der Waals surface area (Å²) in [6, 6.07) is 3.69. The van der Waals surface area contributed by atoms with E-state index < -0.39 is 0 Å². The molecular weight excluding hydrogens is 352 g/mol. The summed E-state index contributed by atoms with van der Waals surface area (Å²) in [4.78, 5) is 13.8. The minimum Gasteiger partial charge on any atom is -0.465 e. The van der Waals surface area contributed by atoms with E-state index in [0.717, 1.165) is 22.3 Å². The maximum absolute atomic E-state index is 11.5. The van der Waals surface area contributed by atoms with Gasteiger partial charge in [0.2, 0.25) is 0 Å². The maximum atomic E-state index is 11.5. The molecule has 1 aromatic carbocycles. The minimum absolute atomic E-state index is 0.388. The molecule has 1 saturated heterocycles. The van der Waals surface area contributed by atoms with Crippen molar-refractivity contribution in [3.63, 3.8) is 0 Å². The Hall–Kier alpha value is -0.490. The van der Waals surface area contributed by atoms with E-state index in [9.17, 15) is 4.79 Å². The molecule has 0 aliphatic carbocycles. The monoisotopic (exact) mass is 365 g/mol. The second-order valence-electron chi connectivity index (χ2n) is 3.95. The van der Waals surface area contributed by atoms with Crippen LogP contribution in [0.15, 0.2) is 12.1 Å². The van der Waals surface area contributed by atoms with Gasteiger partial charge in [-0.3, -0.25) is 0 Å². The number of benzene rings is 1. The summed E-state index contributed by atoms with van der Waals surface area (Å²) in [5.74, 6) is -0.388. The van der Waals surface area contributed by atoms with Gasteiger partial charge < -0.3 is 9.64 Å². The first-order valence-electron chi connectivity index (χ1n) is 5.46. The third-order valence-electron chi connectivity index (χ3n) is 2.91. The molecule has 1 heterocycles. The molecule has 0 spiro atoms. The number of carbonyl (C=O) groups excluding carboxylic acids is 1. The smallest absolute Gasteiger partial charge is 0.339 e. The first-order valence-corrected chi connectivity index (χ1v) is 6.92. The minimum atomic E-state index is -0.388. The van der Waals surface area contributed by atoms with E-state index in [-0.39, 0.29) is 5.97 Å². The van der Waals surface area contributed by atoms with E-state index in [1.165, 1.54) is 20.0 Å². The molecule has 1 aromatic rings. The molecule has 0 unspecified atom stereocenters. The van der Waals surface area contributed by atoms with Gasteiger partial charge in [0.15, 0.2) is 0 Å². The van der Waals surface area contributed by atoms with Crippen LogP contribution >= 0.6 is 34.2 Å². The topological polar surface area (TPSA) is 29.5 Å². The predicted molar refractivity (Wildman–Crippen MR) is 77.0 cm³/mol. The number of hydrogen-bond acceptors (Lipinski definition) is 3. The second kappa shape index (κ2) is 5.44. The van der Waals surface area contributed by atoms with Crippen LogP contribution in [0.25, 0.3) is 0 Å². The first kappa shape index (κ1) is 13.0. The van der Waals surface area contributed by atoms with Crippen molar-refractivity contribution in [3.8, 4) is 0 Å². The maximum Gasteiger partial charge on any atom is 0.339 e. The molecule has 0 N–H and O–H groups in total. The van der Waals surface area contributed by atoms with Crippen molar-refractivity contribution in [3.05, 3.63) is 26.3 Å².